The molecule has 0 spiro atoms. The van der Waals surface area contributed by atoms with Crippen molar-refractivity contribution in [2.75, 3.05) is 35.6 Å². The lowest BCUT2D eigenvalue weighted by Crippen LogP contribution is -2.60. The van der Waals surface area contributed by atoms with Crippen LogP contribution >= 0.6 is 0 Å². The van der Waals surface area contributed by atoms with E-state index in [1.54, 1.807) is 18.2 Å². The first kappa shape index (κ1) is 58.6. The highest BCUT2D eigenvalue weighted by atomic mass is 28.5. The van der Waals surface area contributed by atoms with Crippen molar-refractivity contribution in [3.63, 3.8) is 0 Å². The van der Waals surface area contributed by atoms with Gasteiger partial charge in [0.25, 0.3) is 8.68 Å². The normalized spacial score (nSPS) is 13.1. The van der Waals surface area contributed by atoms with Gasteiger partial charge < -0.3 is 56.9 Å². The summed E-state index contributed by atoms with van der Waals surface area (Å²) >= 11 is 0. The number of rotatable bonds is 28. The van der Waals surface area contributed by atoms with Gasteiger partial charge in [0.05, 0.1) is 0 Å². The van der Waals surface area contributed by atoms with Crippen LogP contribution in [0, 0.1) is 0 Å². The molecule has 0 bridgehead atoms. The first-order chi connectivity index (χ1) is 28.1. The average Bonchev–Trinajstić information content (AvgIpc) is 3.03. The Labute approximate surface area is 386 Å². The number of nitrogens with one attached hydrogen (secondary N) is 6. The molecule has 0 fully saturated rings. The Bertz CT molecular complexity index is 1540. The molecule has 6 amide bonds. The van der Waals surface area contributed by atoms with Gasteiger partial charge >= 0.3 is 35.5 Å². The fraction of sp³-hybridized carbons (Fsp3) is 0.763. The van der Waals surface area contributed by atoms with Crippen molar-refractivity contribution in [3.05, 3.63) is 18.2 Å². The number of carbonyl (C=O) groups is 3. The molecule has 0 unspecified atom stereocenters. The molecule has 0 aromatic heterocycles. The molecule has 0 aliphatic carbocycles. The van der Waals surface area contributed by atoms with Crippen LogP contribution < -0.4 is 31.9 Å². The summed E-state index contributed by atoms with van der Waals surface area (Å²) in [6.45, 7) is 39.9. The van der Waals surface area contributed by atoms with E-state index in [4.69, 9.17) is 20.6 Å². The Morgan fingerprint density at radius 1 is 0.532 bits per heavy atom. The predicted octanol–water partition coefficient (Wildman–Crippen LogP) is 10.3. The Hall–Kier alpha value is -1.42. The van der Waals surface area contributed by atoms with Gasteiger partial charge in [-0.3, -0.25) is 0 Å². The monoisotopic (exact) mass is 1020 g/mol. The second-order valence-electron chi connectivity index (χ2n) is 21.4. The number of hydrogen-bond acceptors (Lipinski definition) is 9. The lowest BCUT2D eigenvalue weighted by atomic mass is 10.2. The first-order valence-corrected chi connectivity index (χ1v) is 48.6. The minimum atomic E-state index is -3.06. The van der Waals surface area contributed by atoms with Crippen LogP contribution in [0.3, 0.4) is 0 Å². The summed E-state index contributed by atoms with van der Waals surface area (Å²) in [7, 11) is -18.7. The minimum Gasteiger partial charge on any atom is -0.436 e. The van der Waals surface area contributed by atoms with Gasteiger partial charge in [-0.2, -0.15) is 0 Å². The van der Waals surface area contributed by atoms with E-state index >= 15 is 0 Å². The van der Waals surface area contributed by atoms with Crippen molar-refractivity contribution in [3.8, 4) is 0 Å². The zero-order valence-corrected chi connectivity index (χ0v) is 50.9. The van der Waals surface area contributed by atoms with Gasteiger partial charge in [-0.1, -0.05) is 26.1 Å². The smallest absolute Gasteiger partial charge is 0.436 e. The second-order valence-corrected chi connectivity index (χ2v) is 57.4. The highest BCUT2D eigenvalue weighted by Gasteiger charge is 2.50. The molecule has 0 aliphatic heterocycles. The van der Waals surface area contributed by atoms with Crippen molar-refractivity contribution in [2.45, 2.75) is 167 Å². The Kier molecular flexibility index (Phi) is 24.1. The van der Waals surface area contributed by atoms with Crippen LogP contribution in [0.2, 0.25) is 141 Å². The van der Waals surface area contributed by atoms with E-state index in [1.807, 2.05) is 6.92 Å². The number of hydrogen-bond donors (Lipinski definition) is 6. The third kappa shape index (κ3) is 28.5. The molecule has 15 nitrogen and oxygen atoms in total. The van der Waals surface area contributed by atoms with E-state index in [0.29, 0.717) is 73.3 Å². The van der Waals surface area contributed by atoms with Crippen LogP contribution in [0.1, 0.15) is 26.2 Å². The third-order valence-electron chi connectivity index (χ3n) is 8.15. The van der Waals surface area contributed by atoms with Gasteiger partial charge in [-0.15, -0.1) is 0 Å². The summed E-state index contributed by atoms with van der Waals surface area (Å²) in [6, 6.07) is 6.63. The number of amides is 6. The Morgan fingerprint density at radius 2 is 0.855 bits per heavy atom. The maximum atomic E-state index is 13.3. The molecule has 0 aliphatic rings. The predicted molar refractivity (Wildman–Crippen MR) is 280 cm³/mol. The molecular formula is C38H86N6O9Si9. The zero-order chi connectivity index (χ0) is 47.8. The lowest BCUT2D eigenvalue weighted by molar-refractivity contribution is 0.245. The lowest BCUT2D eigenvalue weighted by Gasteiger charge is -2.43. The van der Waals surface area contributed by atoms with Crippen LogP contribution in [0.15, 0.2) is 18.2 Å². The molecule has 0 radical (unpaired) electrons. The van der Waals surface area contributed by atoms with E-state index in [2.05, 4.69) is 143 Å². The Morgan fingerprint density at radius 3 is 1.16 bits per heavy atom. The molecule has 24 heteroatoms. The van der Waals surface area contributed by atoms with Crippen molar-refractivity contribution < 1.29 is 39.4 Å². The minimum absolute atomic E-state index is 0.351. The van der Waals surface area contributed by atoms with E-state index in [1.165, 1.54) is 0 Å². The molecule has 0 atom stereocenters. The van der Waals surface area contributed by atoms with Gasteiger partial charge in [0.2, 0.25) is 0 Å². The van der Waals surface area contributed by atoms with E-state index < -0.39 is 88.5 Å². The van der Waals surface area contributed by atoms with Crippen LogP contribution in [-0.4, -0.2) is 114 Å². The van der Waals surface area contributed by atoms with Gasteiger partial charge in [0.1, 0.15) is 0 Å². The molecule has 1 aromatic rings. The summed E-state index contributed by atoms with van der Waals surface area (Å²) in [5.74, 6) is 0. The van der Waals surface area contributed by atoms with Crippen molar-refractivity contribution in [2.24, 2.45) is 0 Å². The van der Waals surface area contributed by atoms with E-state index in [0.717, 1.165) is 12.5 Å². The summed E-state index contributed by atoms with van der Waals surface area (Å²) in [5, 5.41) is 17.4. The standard InChI is InChI=1S/C38H86N6O9Si9/c1-19-55(48)32-61(49-56(4,5)6,50-57(7,8)9)27-21-24-40-37(46)43-34-29-33(42-36(45)39-23-20-26-54(2)3)30-35(31-34)44-38(47)41-25-22-28-62(51-58(10,11)12,52-59(13,14)15)53-60(16,17)18/h29-31,54H,19-28,32H2,1-18H3,(H2,39,42,45)(H2,40,43,46)(H2,41,44,47). The molecule has 0 heterocycles. The van der Waals surface area contributed by atoms with Gasteiger partial charge in [-0.05, 0) is 148 Å². The van der Waals surface area contributed by atoms with Gasteiger partial charge in [-0.25, -0.2) is 14.4 Å². The van der Waals surface area contributed by atoms with E-state index in [9.17, 15) is 18.8 Å². The highest BCUT2D eigenvalue weighted by molar-refractivity contribution is 6.92. The second kappa shape index (κ2) is 25.5. The van der Waals surface area contributed by atoms with Crippen LogP contribution in [0.5, 0.6) is 0 Å². The third-order valence-corrected chi connectivity index (χ3v) is 35.3. The van der Waals surface area contributed by atoms with Crippen molar-refractivity contribution in [1.29, 1.82) is 0 Å². The Balaban J connectivity index is 3.20. The van der Waals surface area contributed by atoms with Crippen LogP contribution in [-0.2, 0) is 25.0 Å². The fourth-order valence-electron chi connectivity index (χ4n) is 6.59. The molecule has 62 heavy (non-hydrogen) atoms. The molecular weight excluding hydrogens is 937 g/mol. The quantitative estimate of drug-likeness (QED) is 0.0351. The molecule has 358 valence electrons. The number of carbonyl (C=O) groups excluding carboxylic acids is 3. The maximum absolute atomic E-state index is 13.3. The van der Waals surface area contributed by atoms with Crippen LogP contribution in [0.4, 0.5) is 31.4 Å². The van der Waals surface area contributed by atoms with Crippen molar-refractivity contribution in [1.82, 2.24) is 16.0 Å². The number of benzene rings is 1. The largest absolute Gasteiger partial charge is 0.469 e. The number of anilines is 3. The first-order valence-electron chi connectivity index (χ1n) is 22.4. The summed E-state index contributed by atoms with van der Waals surface area (Å²) in [5.41, 5.74) is 1.64. The SMILES string of the molecule is CC[Si](=O)C[Si](CCCNC(=O)Nc1cc(NC(=O)NCCC[SiH](C)C)cc(NC(=O)NCCC[Si](O[Si](C)(C)C)(O[Si](C)(C)C)O[Si](C)(C)C)c1)(O[Si](C)(C)C)O[Si](C)(C)C. The molecule has 1 aromatic carbocycles. The molecule has 0 saturated carbocycles. The fourth-order valence-corrected chi connectivity index (χ4v) is 39.3. The average molecular weight is 1020 g/mol. The summed E-state index contributed by atoms with van der Waals surface area (Å²) in [6.07, 6.45) is 2.11. The highest BCUT2D eigenvalue weighted by Crippen LogP contribution is 2.31. The topological polar surface area (TPSA) is 187 Å². The van der Waals surface area contributed by atoms with Crippen molar-refractivity contribution >= 4 is 112 Å². The van der Waals surface area contributed by atoms with Crippen LogP contribution in [0.25, 0.3) is 0 Å². The summed E-state index contributed by atoms with van der Waals surface area (Å²) < 4.78 is 47.0. The zero-order valence-electron chi connectivity index (χ0n) is 41.8. The molecule has 1 rings (SSSR count). The maximum Gasteiger partial charge on any atom is 0.469 e. The van der Waals surface area contributed by atoms with Gasteiger partial charge in [0, 0.05) is 57.2 Å². The van der Waals surface area contributed by atoms with Gasteiger partial charge in [0.15, 0.2) is 41.6 Å². The molecule has 6 N–H and O–H groups in total. The molecule has 0 saturated heterocycles. The summed E-state index contributed by atoms with van der Waals surface area (Å²) in [4.78, 5) is 39.5. The number of urea groups is 3. The van der Waals surface area contributed by atoms with E-state index in [-0.39, 0.29) is 6.03 Å².